The van der Waals surface area contributed by atoms with Crippen LogP contribution < -0.4 is 0 Å². The van der Waals surface area contributed by atoms with Crippen LogP contribution in [0, 0.1) is 6.92 Å². The molecule has 0 aliphatic carbocycles. The Kier molecular flexibility index (Phi) is 7.37. The zero-order valence-electron chi connectivity index (χ0n) is 25.9. The van der Waals surface area contributed by atoms with Crippen molar-refractivity contribution in [1.29, 1.82) is 0 Å². The molecular formula is C43H30N4. The lowest BCUT2D eigenvalue weighted by molar-refractivity contribution is 1.07. The lowest BCUT2D eigenvalue weighted by Crippen LogP contribution is -2.00. The number of benzene rings is 6. The molecule has 0 fully saturated rings. The summed E-state index contributed by atoms with van der Waals surface area (Å²) in [6, 6.07) is 56.7. The maximum atomic E-state index is 5.05. The summed E-state index contributed by atoms with van der Waals surface area (Å²) < 4.78 is 0. The lowest BCUT2D eigenvalue weighted by atomic mass is 9.94. The average Bonchev–Trinajstić information content (AvgIpc) is 3.15. The van der Waals surface area contributed by atoms with E-state index in [1.807, 2.05) is 79.7 Å². The maximum Gasteiger partial charge on any atom is 0.164 e. The topological polar surface area (TPSA) is 51.6 Å². The van der Waals surface area contributed by atoms with Crippen molar-refractivity contribution in [2.24, 2.45) is 0 Å². The second kappa shape index (κ2) is 12.3. The Morgan fingerprint density at radius 3 is 1.45 bits per heavy atom. The highest BCUT2D eigenvalue weighted by Crippen LogP contribution is 2.35. The van der Waals surface area contributed by atoms with Crippen molar-refractivity contribution in [1.82, 2.24) is 19.9 Å². The first-order valence-electron chi connectivity index (χ1n) is 15.7. The minimum Gasteiger partial charge on any atom is -0.253 e. The molecule has 2 aromatic heterocycles. The average molecular weight is 603 g/mol. The monoisotopic (exact) mass is 602 g/mol. The van der Waals surface area contributed by atoms with Gasteiger partial charge in [0.25, 0.3) is 0 Å². The summed E-state index contributed by atoms with van der Waals surface area (Å²) in [5, 5.41) is 2.41. The molecule has 0 N–H and O–H groups in total. The van der Waals surface area contributed by atoms with Gasteiger partial charge in [0.1, 0.15) is 0 Å². The van der Waals surface area contributed by atoms with Crippen molar-refractivity contribution in [3.05, 3.63) is 169 Å². The third-order valence-corrected chi connectivity index (χ3v) is 8.38. The van der Waals surface area contributed by atoms with Crippen LogP contribution in [0.2, 0.25) is 0 Å². The third-order valence-electron chi connectivity index (χ3n) is 8.38. The lowest BCUT2D eigenvalue weighted by Gasteiger charge is -2.13. The molecule has 4 heteroatoms. The fourth-order valence-electron chi connectivity index (χ4n) is 5.93. The van der Waals surface area contributed by atoms with Gasteiger partial charge in [-0.05, 0) is 76.3 Å². The van der Waals surface area contributed by atoms with E-state index in [-0.39, 0.29) is 0 Å². The summed E-state index contributed by atoms with van der Waals surface area (Å²) in [6.07, 6.45) is 0. The molecule has 4 nitrogen and oxygen atoms in total. The van der Waals surface area contributed by atoms with Crippen molar-refractivity contribution in [2.45, 2.75) is 6.92 Å². The second-order valence-corrected chi connectivity index (χ2v) is 11.6. The largest absolute Gasteiger partial charge is 0.253 e. The van der Waals surface area contributed by atoms with E-state index >= 15 is 0 Å². The Morgan fingerprint density at radius 1 is 0.298 bits per heavy atom. The molecule has 0 aliphatic rings. The summed E-state index contributed by atoms with van der Waals surface area (Å²) in [7, 11) is 0. The highest BCUT2D eigenvalue weighted by atomic mass is 15.0. The van der Waals surface area contributed by atoms with Gasteiger partial charge in [-0.3, -0.25) is 4.98 Å². The zero-order valence-corrected chi connectivity index (χ0v) is 25.9. The number of fused-ring (bicyclic) bond motifs is 1. The van der Waals surface area contributed by atoms with E-state index in [1.54, 1.807) is 0 Å². The highest BCUT2D eigenvalue weighted by Gasteiger charge is 2.15. The molecule has 0 saturated heterocycles. The van der Waals surface area contributed by atoms with E-state index in [2.05, 4.69) is 91.0 Å². The van der Waals surface area contributed by atoms with Crippen LogP contribution in [0.25, 0.3) is 78.4 Å². The van der Waals surface area contributed by atoms with Gasteiger partial charge in [-0.15, -0.1) is 0 Å². The highest BCUT2D eigenvalue weighted by molar-refractivity contribution is 5.89. The van der Waals surface area contributed by atoms with E-state index in [9.17, 15) is 0 Å². The first kappa shape index (κ1) is 28.2. The number of nitrogens with zero attached hydrogens (tertiary/aromatic N) is 4. The van der Waals surface area contributed by atoms with Crippen LogP contribution >= 0.6 is 0 Å². The molecule has 47 heavy (non-hydrogen) atoms. The fraction of sp³-hybridized carbons (Fsp3) is 0.0233. The summed E-state index contributed by atoms with van der Waals surface area (Å²) in [6.45, 7) is 2.02. The van der Waals surface area contributed by atoms with Gasteiger partial charge in [-0.25, -0.2) is 15.0 Å². The molecule has 6 aromatic carbocycles. The SMILES string of the molecule is Cc1cccc(-c2ccc(-c3cc(-c4ccc5ccccc5c4)cc(-c4nc(-c5ccccc5)nc(-c5ccccc5)n4)c3)cc2)n1. The van der Waals surface area contributed by atoms with E-state index in [0.29, 0.717) is 17.5 Å². The first-order valence-corrected chi connectivity index (χ1v) is 15.7. The number of aryl methyl sites for hydroxylation is 1. The van der Waals surface area contributed by atoms with E-state index in [4.69, 9.17) is 19.9 Å². The molecule has 0 aliphatic heterocycles. The molecule has 2 heterocycles. The van der Waals surface area contributed by atoms with Gasteiger partial charge in [0.15, 0.2) is 17.5 Å². The molecule has 0 radical (unpaired) electrons. The van der Waals surface area contributed by atoms with Crippen LogP contribution in [0.5, 0.6) is 0 Å². The van der Waals surface area contributed by atoms with Crippen LogP contribution in [-0.2, 0) is 0 Å². The molecule has 222 valence electrons. The Labute approximate surface area is 274 Å². The Hall–Kier alpha value is -6.26. The number of hydrogen-bond acceptors (Lipinski definition) is 4. The molecule has 0 atom stereocenters. The van der Waals surface area contributed by atoms with E-state index < -0.39 is 0 Å². The van der Waals surface area contributed by atoms with E-state index in [0.717, 1.165) is 55.9 Å². The molecular weight excluding hydrogens is 573 g/mol. The van der Waals surface area contributed by atoms with Gasteiger partial charge in [0.2, 0.25) is 0 Å². The number of aromatic nitrogens is 4. The van der Waals surface area contributed by atoms with Crippen LogP contribution in [0.15, 0.2) is 164 Å². The Balaban J connectivity index is 1.31. The maximum absolute atomic E-state index is 5.05. The van der Waals surface area contributed by atoms with Crippen molar-refractivity contribution >= 4 is 10.8 Å². The molecule has 0 bridgehead atoms. The van der Waals surface area contributed by atoms with Gasteiger partial charge in [-0.2, -0.15) is 0 Å². The standard InChI is InChI=1S/C43H30N4/c1-29-11-10-18-40(44-29)32-22-19-31(20-23-32)37-26-38(36-24-21-30-12-8-9-17-35(30)25-36)28-39(27-37)43-46-41(33-13-4-2-5-14-33)45-42(47-43)34-15-6-3-7-16-34/h2-28H,1H3. The van der Waals surface area contributed by atoms with Gasteiger partial charge in [-0.1, -0.05) is 127 Å². The summed E-state index contributed by atoms with van der Waals surface area (Å²) >= 11 is 0. The number of pyridine rings is 1. The van der Waals surface area contributed by atoms with Gasteiger partial charge in [0, 0.05) is 27.9 Å². The van der Waals surface area contributed by atoms with Crippen LogP contribution in [0.1, 0.15) is 5.69 Å². The molecule has 0 unspecified atom stereocenters. The van der Waals surface area contributed by atoms with Crippen molar-refractivity contribution < 1.29 is 0 Å². The fourth-order valence-corrected chi connectivity index (χ4v) is 5.93. The number of rotatable bonds is 6. The predicted molar refractivity (Wildman–Crippen MR) is 192 cm³/mol. The van der Waals surface area contributed by atoms with Crippen LogP contribution in [-0.4, -0.2) is 19.9 Å². The second-order valence-electron chi connectivity index (χ2n) is 11.6. The summed E-state index contributed by atoms with van der Waals surface area (Å²) in [5.74, 6) is 1.91. The van der Waals surface area contributed by atoms with Crippen LogP contribution in [0.4, 0.5) is 0 Å². The van der Waals surface area contributed by atoms with Gasteiger partial charge < -0.3 is 0 Å². The van der Waals surface area contributed by atoms with Gasteiger partial charge in [0.05, 0.1) is 5.69 Å². The quantitative estimate of drug-likeness (QED) is 0.190. The first-order chi connectivity index (χ1) is 23.2. The molecule has 8 rings (SSSR count). The molecule has 0 spiro atoms. The summed E-state index contributed by atoms with van der Waals surface area (Å²) in [4.78, 5) is 19.7. The Morgan fingerprint density at radius 2 is 0.809 bits per heavy atom. The molecule has 8 aromatic rings. The van der Waals surface area contributed by atoms with E-state index in [1.165, 1.54) is 10.8 Å². The minimum absolute atomic E-state index is 0.627. The molecule has 0 amide bonds. The molecule has 0 saturated carbocycles. The minimum atomic E-state index is 0.627. The zero-order chi connectivity index (χ0) is 31.6. The smallest absolute Gasteiger partial charge is 0.164 e. The predicted octanol–water partition coefficient (Wildman–Crippen LogP) is 10.7. The number of hydrogen-bond donors (Lipinski definition) is 0. The van der Waals surface area contributed by atoms with Crippen LogP contribution in [0.3, 0.4) is 0 Å². The Bertz CT molecular complexity index is 2290. The van der Waals surface area contributed by atoms with Crippen molar-refractivity contribution in [2.75, 3.05) is 0 Å². The summed E-state index contributed by atoms with van der Waals surface area (Å²) in [5.41, 5.74) is 10.3. The normalized spacial score (nSPS) is 11.1. The van der Waals surface area contributed by atoms with Gasteiger partial charge >= 0.3 is 0 Å². The van der Waals surface area contributed by atoms with Crippen molar-refractivity contribution in [3.63, 3.8) is 0 Å². The third kappa shape index (κ3) is 5.92. The van der Waals surface area contributed by atoms with Crippen molar-refractivity contribution in [3.8, 4) is 67.7 Å².